The standard InChI is InChI=1S/C14H11N3S/c1-10-2-4-11(5-3-10)13-12(6-7-15)17-8-9-18-14(17)16-13/h2-5,8-9H,6H2,1H3. The van der Waals surface area contributed by atoms with Crippen LogP contribution in [0.25, 0.3) is 16.2 Å². The van der Waals surface area contributed by atoms with Crippen LogP contribution in [0.5, 0.6) is 0 Å². The van der Waals surface area contributed by atoms with Gasteiger partial charge in [0.25, 0.3) is 0 Å². The van der Waals surface area contributed by atoms with Crippen molar-refractivity contribution in [1.82, 2.24) is 9.38 Å². The summed E-state index contributed by atoms with van der Waals surface area (Å²) < 4.78 is 2.00. The molecule has 88 valence electrons. The highest BCUT2D eigenvalue weighted by Crippen LogP contribution is 2.27. The van der Waals surface area contributed by atoms with Gasteiger partial charge in [0.15, 0.2) is 4.96 Å². The van der Waals surface area contributed by atoms with Crippen LogP contribution < -0.4 is 0 Å². The zero-order valence-electron chi connectivity index (χ0n) is 9.92. The van der Waals surface area contributed by atoms with Crippen molar-refractivity contribution in [2.75, 3.05) is 0 Å². The molecule has 4 heteroatoms. The summed E-state index contributed by atoms with van der Waals surface area (Å²) in [6.45, 7) is 2.06. The predicted molar refractivity (Wildman–Crippen MR) is 72.6 cm³/mol. The normalized spacial score (nSPS) is 10.7. The summed E-state index contributed by atoms with van der Waals surface area (Å²) >= 11 is 1.59. The van der Waals surface area contributed by atoms with Crippen molar-refractivity contribution in [1.29, 1.82) is 5.26 Å². The summed E-state index contributed by atoms with van der Waals surface area (Å²) in [5.41, 5.74) is 4.18. The molecule has 18 heavy (non-hydrogen) atoms. The number of imidazole rings is 1. The van der Waals surface area contributed by atoms with Crippen molar-refractivity contribution in [2.24, 2.45) is 0 Å². The number of hydrogen-bond acceptors (Lipinski definition) is 3. The SMILES string of the molecule is Cc1ccc(-c2nc3sccn3c2CC#N)cc1. The Labute approximate surface area is 109 Å². The number of thiazole rings is 1. The van der Waals surface area contributed by atoms with Crippen molar-refractivity contribution < 1.29 is 0 Å². The number of nitrogens with zero attached hydrogens (tertiary/aromatic N) is 3. The molecule has 3 nitrogen and oxygen atoms in total. The Morgan fingerprint density at radius 2 is 2.11 bits per heavy atom. The van der Waals surface area contributed by atoms with E-state index in [0.29, 0.717) is 6.42 Å². The molecule has 0 aliphatic rings. The Bertz CT molecular complexity index is 729. The molecule has 0 fully saturated rings. The lowest BCUT2D eigenvalue weighted by atomic mass is 10.1. The van der Waals surface area contributed by atoms with E-state index in [1.807, 2.05) is 16.0 Å². The molecule has 2 heterocycles. The number of hydrogen-bond donors (Lipinski definition) is 0. The summed E-state index contributed by atoms with van der Waals surface area (Å²) in [5, 5.41) is 11.0. The Morgan fingerprint density at radius 1 is 1.33 bits per heavy atom. The topological polar surface area (TPSA) is 41.1 Å². The number of rotatable bonds is 2. The van der Waals surface area contributed by atoms with Crippen molar-refractivity contribution in [3.8, 4) is 17.3 Å². The fourth-order valence-electron chi connectivity index (χ4n) is 2.02. The van der Waals surface area contributed by atoms with E-state index in [2.05, 4.69) is 42.2 Å². The van der Waals surface area contributed by atoms with Crippen molar-refractivity contribution in [2.45, 2.75) is 13.3 Å². The van der Waals surface area contributed by atoms with Gasteiger partial charge in [-0.2, -0.15) is 5.26 Å². The maximum atomic E-state index is 8.96. The largest absolute Gasteiger partial charge is 0.293 e. The van der Waals surface area contributed by atoms with Crippen LogP contribution in [-0.4, -0.2) is 9.38 Å². The number of aryl methyl sites for hydroxylation is 1. The zero-order chi connectivity index (χ0) is 12.5. The van der Waals surface area contributed by atoms with Crippen LogP contribution in [0.2, 0.25) is 0 Å². The number of nitriles is 1. The van der Waals surface area contributed by atoms with Gasteiger partial charge in [-0.1, -0.05) is 29.8 Å². The van der Waals surface area contributed by atoms with E-state index in [1.54, 1.807) is 11.3 Å². The van der Waals surface area contributed by atoms with Crippen LogP contribution in [0.15, 0.2) is 35.8 Å². The first kappa shape index (κ1) is 11.0. The van der Waals surface area contributed by atoms with Gasteiger partial charge in [0.05, 0.1) is 23.9 Å². The molecule has 0 saturated carbocycles. The van der Waals surface area contributed by atoms with Crippen LogP contribution in [0, 0.1) is 18.3 Å². The maximum absolute atomic E-state index is 8.96. The van der Waals surface area contributed by atoms with Gasteiger partial charge >= 0.3 is 0 Å². The lowest BCUT2D eigenvalue weighted by molar-refractivity contribution is 1.07. The van der Waals surface area contributed by atoms with Gasteiger partial charge in [-0.05, 0) is 6.92 Å². The number of fused-ring (bicyclic) bond motifs is 1. The maximum Gasteiger partial charge on any atom is 0.194 e. The van der Waals surface area contributed by atoms with E-state index >= 15 is 0 Å². The second-order valence-corrected chi connectivity index (χ2v) is 5.04. The van der Waals surface area contributed by atoms with Crippen molar-refractivity contribution in [3.63, 3.8) is 0 Å². The fourth-order valence-corrected chi connectivity index (χ4v) is 2.75. The molecule has 0 aliphatic heterocycles. The van der Waals surface area contributed by atoms with Crippen LogP contribution in [0.3, 0.4) is 0 Å². The molecule has 0 N–H and O–H groups in total. The smallest absolute Gasteiger partial charge is 0.194 e. The third-order valence-corrected chi connectivity index (χ3v) is 3.69. The average molecular weight is 253 g/mol. The molecular weight excluding hydrogens is 242 g/mol. The Morgan fingerprint density at radius 3 is 2.83 bits per heavy atom. The summed E-state index contributed by atoms with van der Waals surface area (Å²) in [5.74, 6) is 0. The van der Waals surface area contributed by atoms with Crippen molar-refractivity contribution in [3.05, 3.63) is 47.1 Å². The first-order valence-electron chi connectivity index (χ1n) is 5.68. The minimum Gasteiger partial charge on any atom is -0.293 e. The highest BCUT2D eigenvalue weighted by molar-refractivity contribution is 7.15. The van der Waals surface area contributed by atoms with E-state index in [4.69, 9.17) is 5.26 Å². The van der Waals surface area contributed by atoms with E-state index in [9.17, 15) is 0 Å². The Hall–Kier alpha value is -2.12. The highest BCUT2D eigenvalue weighted by Gasteiger charge is 2.14. The third-order valence-electron chi connectivity index (χ3n) is 2.93. The molecule has 0 aliphatic carbocycles. The summed E-state index contributed by atoms with van der Waals surface area (Å²) in [6.07, 6.45) is 2.35. The fraction of sp³-hybridized carbons (Fsp3) is 0.143. The molecule has 0 radical (unpaired) electrons. The van der Waals surface area contributed by atoms with Crippen molar-refractivity contribution >= 4 is 16.3 Å². The van der Waals surface area contributed by atoms with Crippen LogP contribution in [0.1, 0.15) is 11.3 Å². The molecule has 1 aromatic carbocycles. The molecule has 0 bridgehead atoms. The number of aromatic nitrogens is 2. The molecule has 3 aromatic rings. The minimum atomic E-state index is 0.376. The molecule has 0 atom stereocenters. The zero-order valence-corrected chi connectivity index (χ0v) is 10.7. The summed E-state index contributed by atoms with van der Waals surface area (Å²) in [4.78, 5) is 5.56. The van der Waals surface area contributed by atoms with Gasteiger partial charge in [0.1, 0.15) is 0 Å². The van der Waals surface area contributed by atoms with Gasteiger partial charge in [-0.15, -0.1) is 11.3 Å². The van der Waals surface area contributed by atoms with Gasteiger partial charge in [-0.25, -0.2) is 4.98 Å². The molecular formula is C14H11N3S. The van der Waals surface area contributed by atoms with Gasteiger partial charge in [0, 0.05) is 17.1 Å². The first-order valence-corrected chi connectivity index (χ1v) is 6.56. The third kappa shape index (κ3) is 1.69. The van der Waals surface area contributed by atoms with E-state index in [-0.39, 0.29) is 0 Å². The minimum absolute atomic E-state index is 0.376. The molecule has 0 amide bonds. The van der Waals surface area contributed by atoms with Gasteiger partial charge in [-0.3, -0.25) is 4.40 Å². The monoisotopic (exact) mass is 253 g/mol. The van der Waals surface area contributed by atoms with Gasteiger partial charge in [0.2, 0.25) is 0 Å². The molecule has 2 aromatic heterocycles. The lowest BCUT2D eigenvalue weighted by Gasteiger charge is -2.01. The Kier molecular flexibility index (Phi) is 2.62. The second-order valence-electron chi connectivity index (χ2n) is 4.16. The number of benzene rings is 1. The molecule has 0 spiro atoms. The van der Waals surface area contributed by atoms with Crippen LogP contribution >= 0.6 is 11.3 Å². The molecule has 3 rings (SSSR count). The summed E-state index contributed by atoms with van der Waals surface area (Å²) in [6, 6.07) is 10.5. The van der Waals surface area contributed by atoms with Crippen LogP contribution in [-0.2, 0) is 6.42 Å². The molecule has 0 unspecified atom stereocenters. The Balaban J connectivity index is 2.21. The first-order chi connectivity index (χ1) is 8.79. The average Bonchev–Trinajstić information content (AvgIpc) is 2.93. The predicted octanol–water partition coefficient (Wildman–Crippen LogP) is 3.44. The van der Waals surface area contributed by atoms with Gasteiger partial charge < -0.3 is 0 Å². The lowest BCUT2D eigenvalue weighted by Crippen LogP contribution is -1.91. The van der Waals surface area contributed by atoms with Crippen LogP contribution in [0.4, 0.5) is 0 Å². The van der Waals surface area contributed by atoms with E-state index in [0.717, 1.165) is 21.9 Å². The summed E-state index contributed by atoms with van der Waals surface area (Å²) in [7, 11) is 0. The van der Waals surface area contributed by atoms with E-state index < -0.39 is 0 Å². The highest BCUT2D eigenvalue weighted by atomic mass is 32.1. The molecule has 0 saturated heterocycles. The quantitative estimate of drug-likeness (QED) is 0.702. The van der Waals surface area contributed by atoms with E-state index in [1.165, 1.54) is 5.56 Å². The second kappa shape index (κ2) is 4.28.